The maximum atomic E-state index is 5.88. The molecule has 1 aliphatic rings. The van der Waals surface area contributed by atoms with Crippen LogP contribution in [0.4, 0.5) is 0 Å². The Bertz CT molecular complexity index is 452. The Morgan fingerprint density at radius 2 is 2.24 bits per heavy atom. The lowest BCUT2D eigenvalue weighted by Gasteiger charge is -2.28. The molecule has 1 fully saturated rings. The Kier molecular flexibility index (Phi) is 6.52. The quantitative estimate of drug-likeness (QED) is 0.806. The van der Waals surface area contributed by atoms with Gasteiger partial charge in [0, 0.05) is 23.0 Å². The van der Waals surface area contributed by atoms with Gasteiger partial charge in [0.2, 0.25) is 0 Å². The Morgan fingerprint density at radius 1 is 1.43 bits per heavy atom. The number of methoxy groups -OCH3 is 1. The van der Waals surface area contributed by atoms with Gasteiger partial charge in [-0.1, -0.05) is 29.8 Å². The Labute approximate surface area is 136 Å². The average molecular weight is 356 g/mol. The monoisotopic (exact) mass is 355 g/mol. The molecule has 3 unspecified atom stereocenters. The summed E-state index contributed by atoms with van der Waals surface area (Å²) >= 11 is 3.56. The summed E-state index contributed by atoms with van der Waals surface area (Å²) in [5, 5.41) is 3.66. The fourth-order valence-electron chi connectivity index (χ4n) is 3.33. The fraction of sp³-hybridized carbons (Fsp3) is 0.647. The molecule has 0 saturated carbocycles. The van der Waals surface area contributed by atoms with Crippen molar-refractivity contribution in [3.8, 4) is 5.75 Å². The molecule has 1 heterocycles. The molecule has 3 nitrogen and oxygen atoms in total. The van der Waals surface area contributed by atoms with E-state index in [1.165, 1.54) is 5.56 Å². The van der Waals surface area contributed by atoms with Crippen LogP contribution in [-0.4, -0.2) is 32.4 Å². The zero-order valence-corrected chi connectivity index (χ0v) is 14.8. The van der Waals surface area contributed by atoms with Crippen LogP contribution >= 0.6 is 15.9 Å². The molecule has 1 aromatic carbocycles. The molecule has 3 atom stereocenters. The van der Waals surface area contributed by atoms with Crippen molar-refractivity contribution in [1.82, 2.24) is 5.32 Å². The van der Waals surface area contributed by atoms with Crippen LogP contribution in [0.3, 0.4) is 0 Å². The van der Waals surface area contributed by atoms with E-state index < -0.39 is 0 Å². The van der Waals surface area contributed by atoms with Gasteiger partial charge in [0.05, 0.1) is 13.2 Å². The molecule has 0 aliphatic carbocycles. The topological polar surface area (TPSA) is 30.5 Å². The molecule has 0 aromatic heterocycles. The van der Waals surface area contributed by atoms with Crippen LogP contribution in [-0.2, 0) is 11.2 Å². The van der Waals surface area contributed by atoms with E-state index in [0.29, 0.717) is 18.1 Å². The predicted octanol–water partition coefficient (Wildman–Crippen LogP) is 3.79. The van der Waals surface area contributed by atoms with Crippen molar-refractivity contribution in [1.29, 1.82) is 0 Å². The van der Waals surface area contributed by atoms with Crippen LogP contribution in [0.25, 0.3) is 0 Å². The van der Waals surface area contributed by atoms with Crippen molar-refractivity contribution in [3.63, 3.8) is 0 Å². The van der Waals surface area contributed by atoms with Gasteiger partial charge >= 0.3 is 0 Å². The third-order valence-electron chi connectivity index (χ3n) is 4.33. The number of rotatable bonds is 7. The maximum Gasteiger partial charge on any atom is 0.122 e. The molecule has 0 amide bonds. The zero-order chi connectivity index (χ0) is 15.2. The Morgan fingerprint density at radius 3 is 2.90 bits per heavy atom. The highest BCUT2D eigenvalue weighted by Crippen LogP contribution is 2.31. The lowest BCUT2D eigenvalue weighted by atomic mass is 9.87. The predicted molar refractivity (Wildman–Crippen MR) is 90.0 cm³/mol. The maximum absolute atomic E-state index is 5.88. The molecule has 0 radical (unpaired) electrons. The number of ether oxygens (including phenoxy) is 2. The van der Waals surface area contributed by atoms with Gasteiger partial charge in [-0.05, 0) is 49.6 Å². The van der Waals surface area contributed by atoms with Crippen LogP contribution in [0.15, 0.2) is 22.7 Å². The molecule has 2 rings (SSSR count). The molecule has 118 valence electrons. The van der Waals surface area contributed by atoms with Crippen LogP contribution in [0, 0.1) is 5.92 Å². The summed E-state index contributed by atoms with van der Waals surface area (Å²) < 4.78 is 12.5. The molecule has 1 aromatic rings. The minimum Gasteiger partial charge on any atom is -0.496 e. The molecule has 1 aliphatic heterocycles. The molecule has 4 heteroatoms. The lowest BCUT2D eigenvalue weighted by Crippen LogP contribution is -2.41. The smallest absolute Gasteiger partial charge is 0.122 e. The van der Waals surface area contributed by atoms with Gasteiger partial charge in [-0.2, -0.15) is 0 Å². The van der Waals surface area contributed by atoms with E-state index in [0.717, 1.165) is 42.6 Å². The van der Waals surface area contributed by atoms with Crippen molar-refractivity contribution >= 4 is 15.9 Å². The van der Waals surface area contributed by atoms with E-state index in [9.17, 15) is 0 Å². The van der Waals surface area contributed by atoms with Crippen molar-refractivity contribution in [2.24, 2.45) is 5.92 Å². The first-order valence-electron chi connectivity index (χ1n) is 7.87. The van der Waals surface area contributed by atoms with E-state index in [2.05, 4.69) is 41.2 Å². The van der Waals surface area contributed by atoms with Gasteiger partial charge in [0.25, 0.3) is 0 Å². The number of hydrogen-bond acceptors (Lipinski definition) is 3. The fourth-order valence-corrected chi connectivity index (χ4v) is 3.74. The van der Waals surface area contributed by atoms with E-state index in [1.807, 2.05) is 12.1 Å². The van der Waals surface area contributed by atoms with Gasteiger partial charge in [0.15, 0.2) is 0 Å². The van der Waals surface area contributed by atoms with Crippen LogP contribution in [0.2, 0.25) is 0 Å². The molecular formula is C17H26BrNO2. The van der Waals surface area contributed by atoms with E-state index in [1.54, 1.807) is 7.11 Å². The van der Waals surface area contributed by atoms with Gasteiger partial charge in [-0.3, -0.25) is 0 Å². The highest BCUT2D eigenvalue weighted by atomic mass is 79.9. The average Bonchev–Trinajstić information content (AvgIpc) is 2.95. The third-order valence-corrected chi connectivity index (χ3v) is 4.82. The zero-order valence-electron chi connectivity index (χ0n) is 13.2. The first-order chi connectivity index (χ1) is 10.2. The summed E-state index contributed by atoms with van der Waals surface area (Å²) in [7, 11) is 1.74. The summed E-state index contributed by atoms with van der Waals surface area (Å²) in [6.07, 6.45) is 3.59. The summed E-state index contributed by atoms with van der Waals surface area (Å²) in [4.78, 5) is 0. The Balaban J connectivity index is 2.17. The number of hydrogen-bond donors (Lipinski definition) is 1. The highest BCUT2D eigenvalue weighted by Gasteiger charge is 2.33. The summed E-state index contributed by atoms with van der Waals surface area (Å²) in [5.41, 5.74) is 1.25. The summed E-state index contributed by atoms with van der Waals surface area (Å²) in [6.45, 7) is 6.25. The number of nitrogens with one attached hydrogen (secondary N) is 1. The summed E-state index contributed by atoms with van der Waals surface area (Å²) in [6, 6.07) is 6.66. The van der Waals surface area contributed by atoms with Crippen molar-refractivity contribution in [2.75, 3.05) is 20.3 Å². The van der Waals surface area contributed by atoms with E-state index >= 15 is 0 Å². The normalized spacial score (nSPS) is 23.2. The second-order valence-electron chi connectivity index (χ2n) is 5.59. The van der Waals surface area contributed by atoms with Crippen LogP contribution < -0.4 is 10.1 Å². The second kappa shape index (κ2) is 8.16. The summed E-state index contributed by atoms with van der Waals surface area (Å²) in [5.74, 6) is 1.55. The highest BCUT2D eigenvalue weighted by molar-refractivity contribution is 9.10. The van der Waals surface area contributed by atoms with Crippen molar-refractivity contribution in [3.05, 3.63) is 28.2 Å². The standard InChI is InChI=1S/C17H26BrNO2/c1-4-16-14(8-9-21-16)15(19-5-2)11-12-10-13(18)6-7-17(12)20-3/h6-7,10,14-16,19H,4-5,8-9,11H2,1-3H3. The number of halogens is 1. The molecule has 1 N–H and O–H groups in total. The van der Waals surface area contributed by atoms with Gasteiger partial charge < -0.3 is 14.8 Å². The molecule has 1 saturated heterocycles. The SMILES string of the molecule is CCNC(Cc1cc(Br)ccc1OC)C1CCOC1CC. The molecule has 0 spiro atoms. The van der Waals surface area contributed by atoms with Gasteiger partial charge in [-0.15, -0.1) is 0 Å². The third kappa shape index (κ3) is 4.21. The largest absolute Gasteiger partial charge is 0.496 e. The van der Waals surface area contributed by atoms with Gasteiger partial charge in [0.1, 0.15) is 5.75 Å². The first kappa shape index (κ1) is 16.8. The second-order valence-corrected chi connectivity index (χ2v) is 6.51. The molecule has 21 heavy (non-hydrogen) atoms. The first-order valence-corrected chi connectivity index (χ1v) is 8.66. The minimum atomic E-state index is 0.382. The van der Waals surface area contributed by atoms with Crippen LogP contribution in [0.1, 0.15) is 32.3 Å². The van der Waals surface area contributed by atoms with Crippen LogP contribution in [0.5, 0.6) is 5.75 Å². The van der Waals surface area contributed by atoms with Crippen molar-refractivity contribution < 1.29 is 9.47 Å². The van der Waals surface area contributed by atoms with Crippen molar-refractivity contribution in [2.45, 2.75) is 45.3 Å². The van der Waals surface area contributed by atoms with E-state index in [-0.39, 0.29) is 0 Å². The minimum absolute atomic E-state index is 0.382. The number of likely N-dealkylation sites (N-methyl/N-ethyl adjacent to an activating group) is 1. The molecular weight excluding hydrogens is 330 g/mol. The van der Waals surface area contributed by atoms with E-state index in [4.69, 9.17) is 9.47 Å². The Hall–Kier alpha value is -0.580. The molecule has 0 bridgehead atoms. The number of benzene rings is 1. The lowest BCUT2D eigenvalue weighted by molar-refractivity contribution is 0.0776. The van der Waals surface area contributed by atoms with Gasteiger partial charge in [-0.25, -0.2) is 0 Å².